The average molecular weight is 342 g/mol. The first-order valence-electron chi connectivity index (χ1n) is 9.74. The van der Waals surface area contributed by atoms with E-state index in [0.717, 1.165) is 30.0 Å². The quantitative estimate of drug-likeness (QED) is 0.826. The number of carbonyl (C=O) groups excluding carboxylic acids is 1. The van der Waals surface area contributed by atoms with Crippen LogP contribution >= 0.6 is 0 Å². The Hall–Kier alpha value is -1.55. The molecule has 136 valence electrons. The molecule has 25 heavy (non-hydrogen) atoms. The molecule has 4 bridgehead atoms. The van der Waals surface area contributed by atoms with Crippen LogP contribution in [0, 0.1) is 23.2 Å². The van der Waals surface area contributed by atoms with Gasteiger partial charge in [0, 0.05) is 6.54 Å². The van der Waals surface area contributed by atoms with E-state index in [-0.39, 0.29) is 11.9 Å². The number of methoxy groups -OCH3 is 1. The van der Waals surface area contributed by atoms with Crippen LogP contribution < -0.4 is 15.4 Å². The zero-order valence-corrected chi connectivity index (χ0v) is 15.4. The van der Waals surface area contributed by atoms with Crippen LogP contribution in [0.2, 0.25) is 0 Å². The average Bonchev–Trinajstić information content (AvgIpc) is 2.59. The van der Waals surface area contributed by atoms with Crippen LogP contribution in [0.1, 0.15) is 45.4 Å². The molecule has 1 atom stereocenters. The summed E-state index contributed by atoms with van der Waals surface area (Å²) in [5.41, 5.74) is 1.19. The molecule has 0 heterocycles. The largest absolute Gasteiger partial charge is 0.495 e. The van der Waals surface area contributed by atoms with Crippen molar-refractivity contribution in [2.75, 3.05) is 19.0 Å². The third-order valence-electron chi connectivity index (χ3n) is 6.71. The Bertz CT molecular complexity index is 607. The maximum atomic E-state index is 12.6. The van der Waals surface area contributed by atoms with Crippen LogP contribution in [0.25, 0.3) is 0 Å². The van der Waals surface area contributed by atoms with Crippen LogP contribution in [0.4, 0.5) is 5.69 Å². The Labute approximate surface area is 150 Å². The van der Waals surface area contributed by atoms with Gasteiger partial charge < -0.3 is 15.4 Å². The summed E-state index contributed by atoms with van der Waals surface area (Å²) in [7, 11) is 1.62. The van der Waals surface area contributed by atoms with Gasteiger partial charge in [-0.05, 0) is 80.8 Å². The zero-order valence-electron chi connectivity index (χ0n) is 15.4. The zero-order chi connectivity index (χ0) is 17.4. The van der Waals surface area contributed by atoms with Gasteiger partial charge in [-0.3, -0.25) is 4.79 Å². The van der Waals surface area contributed by atoms with Crippen molar-refractivity contribution in [3.8, 4) is 5.75 Å². The maximum absolute atomic E-state index is 12.6. The van der Waals surface area contributed by atoms with Crippen molar-refractivity contribution < 1.29 is 9.53 Å². The van der Waals surface area contributed by atoms with Gasteiger partial charge in [-0.1, -0.05) is 12.1 Å². The molecular weight excluding hydrogens is 312 g/mol. The molecule has 4 aliphatic rings. The summed E-state index contributed by atoms with van der Waals surface area (Å²) in [4.78, 5) is 12.6. The molecule has 0 radical (unpaired) electrons. The van der Waals surface area contributed by atoms with Crippen molar-refractivity contribution in [1.29, 1.82) is 0 Å². The lowest BCUT2D eigenvalue weighted by atomic mass is 9.49. The summed E-state index contributed by atoms with van der Waals surface area (Å²) < 4.78 is 5.32. The maximum Gasteiger partial charge on any atom is 0.241 e. The molecule has 1 aromatic carbocycles. The fourth-order valence-corrected chi connectivity index (χ4v) is 5.96. The molecule has 4 fully saturated rings. The smallest absolute Gasteiger partial charge is 0.241 e. The van der Waals surface area contributed by atoms with Gasteiger partial charge in [0.05, 0.1) is 18.8 Å². The molecule has 0 aliphatic heterocycles. The Morgan fingerprint density at radius 1 is 1.16 bits per heavy atom. The summed E-state index contributed by atoms with van der Waals surface area (Å²) in [5.74, 6) is 3.56. The highest BCUT2D eigenvalue weighted by Crippen LogP contribution is 2.59. The fraction of sp³-hybridized carbons (Fsp3) is 0.667. The van der Waals surface area contributed by atoms with E-state index >= 15 is 0 Å². The monoisotopic (exact) mass is 342 g/mol. The van der Waals surface area contributed by atoms with Crippen LogP contribution in [0.5, 0.6) is 5.75 Å². The van der Waals surface area contributed by atoms with E-state index in [1.807, 2.05) is 31.2 Å². The minimum absolute atomic E-state index is 0.00854. The summed E-state index contributed by atoms with van der Waals surface area (Å²) in [6.07, 6.45) is 8.49. The molecule has 4 nitrogen and oxygen atoms in total. The van der Waals surface area contributed by atoms with Crippen LogP contribution in [0.15, 0.2) is 24.3 Å². The Balaban J connectivity index is 1.34. The van der Waals surface area contributed by atoms with Crippen molar-refractivity contribution in [3.05, 3.63) is 24.3 Å². The number of benzene rings is 1. The molecule has 4 aliphatic carbocycles. The number of anilines is 1. The number of ether oxygens (including phenoxy) is 1. The lowest BCUT2D eigenvalue weighted by Gasteiger charge is -2.57. The first-order valence-corrected chi connectivity index (χ1v) is 9.74. The number of hydrogen-bond acceptors (Lipinski definition) is 3. The van der Waals surface area contributed by atoms with Crippen molar-refractivity contribution in [2.24, 2.45) is 23.2 Å². The minimum Gasteiger partial charge on any atom is -0.495 e. The molecule has 1 aromatic rings. The van der Waals surface area contributed by atoms with E-state index in [2.05, 4.69) is 10.6 Å². The number of nitrogens with one attached hydrogen (secondary N) is 2. The van der Waals surface area contributed by atoms with E-state index in [1.165, 1.54) is 38.5 Å². The van der Waals surface area contributed by atoms with Crippen molar-refractivity contribution in [3.63, 3.8) is 0 Å². The van der Waals surface area contributed by atoms with E-state index in [0.29, 0.717) is 11.2 Å². The second-order valence-corrected chi connectivity index (χ2v) is 8.71. The van der Waals surface area contributed by atoms with E-state index < -0.39 is 0 Å². The second kappa shape index (κ2) is 6.64. The van der Waals surface area contributed by atoms with Crippen LogP contribution in [-0.2, 0) is 4.79 Å². The predicted octanol–water partition coefficient (Wildman–Crippen LogP) is 3.83. The number of hydrogen-bond donors (Lipinski definition) is 2. The standard InChI is InChI=1S/C21H30N2O2/c1-14(20(24)23-18-5-3-4-6-19(18)25-2)22-13-21-10-15-7-16(11-21)9-17(8-15)12-21/h3-6,14-17,22H,7-13H2,1-2H3,(H,23,24)/t14-,15?,16?,17?,21?/m0/s1. The van der Waals surface area contributed by atoms with Gasteiger partial charge in [0.1, 0.15) is 5.75 Å². The van der Waals surface area contributed by atoms with Gasteiger partial charge in [0.2, 0.25) is 5.91 Å². The lowest BCUT2D eigenvalue weighted by molar-refractivity contribution is -0.118. The Morgan fingerprint density at radius 2 is 1.76 bits per heavy atom. The SMILES string of the molecule is COc1ccccc1NC(=O)[C@H](C)NCC12CC3CC(CC(C3)C1)C2. The van der Waals surface area contributed by atoms with E-state index in [1.54, 1.807) is 7.11 Å². The highest BCUT2D eigenvalue weighted by molar-refractivity contribution is 5.95. The topological polar surface area (TPSA) is 50.4 Å². The van der Waals surface area contributed by atoms with Gasteiger partial charge in [-0.2, -0.15) is 0 Å². The van der Waals surface area contributed by atoms with E-state index in [4.69, 9.17) is 4.74 Å². The van der Waals surface area contributed by atoms with Crippen molar-refractivity contribution in [1.82, 2.24) is 5.32 Å². The third-order valence-corrected chi connectivity index (χ3v) is 6.71. The second-order valence-electron chi connectivity index (χ2n) is 8.71. The van der Waals surface area contributed by atoms with Crippen molar-refractivity contribution in [2.45, 2.75) is 51.5 Å². The first-order chi connectivity index (χ1) is 12.1. The first kappa shape index (κ1) is 16.9. The molecule has 1 amide bonds. The molecule has 0 saturated heterocycles. The molecule has 5 rings (SSSR count). The number of amides is 1. The molecule has 2 N–H and O–H groups in total. The number of para-hydroxylation sites is 2. The van der Waals surface area contributed by atoms with Gasteiger partial charge in [0.15, 0.2) is 0 Å². The summed E-state index contributed by atoms with van der Waals surface area (Å²) in [6, 6.07) is 7.36. The third kappa shape index (κ3) is 3.41. The van der Waals surface area contributed by atoms with Crippen LogP contribution in [0.3, 0.4) is 0 Å². The minimum atomic E-state index is -0.196. The molecule has 4 heteroatoms. The van der Waals surface area contributed by atoms with Crippen LogP contribution in [-0.4, -0.2) is 25.6 Å². The number of carbonyl (C=O) groups is 1. The molecule has 0 aromatic heterocycles. The normalized spacial score (nSPS) is 33.9. The van der Waals surface area contributed by atoms with Gasteiger partial charge in [-0.15, -0.1) is 0 Å². The molecule has 0 unspecified atom stereocenters. The molecule has 4 saturated carbocycles. The highest BCUT2D eigenvalue weighted by atomic mass is 16.5. The Kier molecular flexibility index (Phi) is 4.48. The van der Waals surface area contributed by atoms with E-state index in [9.17, 15) is 4.79 Å². The lowest BCUT2D eigenvalue weighted by Crippen LogP contribution is -2.52. The van der Waals surface area contributed by atoms with Gasteiger partial charge in [0.25, 0.3) is 0 Å². The summed E-state index contributed by atoms with van der Waals surface area (Å²) in [6.45, 7) is 2.95. The highest BCUT2D eigenvalue weighted by Gasteiger charge is 2.50. The predicted molar refractivity (Wildman–Crippen MR) is 99.7 cm³/mol. The summed E-state index contributed by atoms with van der Waals surface area (Å²) in [5, 5.41) is 6.54. The van der Waals surface area contributed by atoms with Crippen molar-refractivity contribution >= 4 is 11.6 Å². The van der Waals surface area contributed by atoms with Gasteiger partial charge in [-0.25, -0.2) is 0 Å². The molecular formula is C21H30N2O2. The fourth-order valence-electron chi connectivity index (χ4n) is 5.96. The molecule has 0 spiro atoms. The van der Waals surface area contributed by atoms with Gasteiger partial charge >= 0.3 is 0 Å². The Morgan fingerprint density at radius 3 is 2.36 bits per heavy atom. The number of rotatable bonds is 6. The summed E-state index contributed by atoms with van der Waals surface area (Å²) >= 11 is 0.